The van der Waals surface area contributed by atoms with Gasteiger partial charge in [-0.05, 0) is 30.4 Å². The molecule has 0 spiro atoms. The molecule has 20 heavy (non-hydrogen) atoms. The van der Waals surface area contributed by atoms with Crippen LogP contribution in [0.5, 0.6) is 5.75 Å². The Hall–Kier alpha value is -0.770. The van der Waals surface area contributed by atoms with Crippen molar-refractivity contribution in [2.45, 2.75) is 26.4 Å². The number of piperidine rings is 1. The van der Waals surface area contributed by atoms with Gasteiger partial charge in [-0.1, -0.05) is 37.6 Å². The third-order valence-electron chi connectivity index (χ3n) is 3.68. The summed E-state index contributed by atoms with van der Waals surface area (Å²) in [5.41, 5.74) is 0. The van der Waals surface area contributed by atoms with E-state index < -0.39 is 6.10 Å². The number of para-hydroxylation sites is 1. The Balaban J connectivity index is 1.78. The SMILES string of the molecule is C[C@@H]1C[C@H](C)CN(C[C@H](O)COc2ccccc2Cl)C1. The summed E-state index contributed by atoms with van der Waals surface area (Å²) in [6, 6.07) is 7.35. The Labute approximate surface area is 126 Å². The molecule has 2 rings (SSSR count). The fraction of sp³-hybridized carbons (Fsp3) is 0.625. The first-order valence-corrected chi connectivity index (χ1v) is 7.70. The molecule has 0 unspecified atom stereocenters. The van der Waals surface area contributed by atoms with Crippen molar-refractivity contribution < 1.29 is 9.84 Å². The van der Waals surface area contributed by atoms with Crippen molar-refractivity contribution in [3.8, 4) is 5.75 Å². The minimum Gasteiger partial charge on any atom is -0.489 e. The van der Waals surface area contributed by atoms with Gasteiger partial charge in [0, 0.05) is 19.6 Å². The highest BCUT2D eigenvalue weighted by Gasteiger charge is 2.23. The third-order valence-corrected chi connectivity index (χ3v) is 3.99. The predicted molar refractivity (Wildman–Crippen MR) is 82.3 cm³/mol. The van der Waals surface area contributed by atoms with Crippen molar-refractivity contribution in [3.63, 3.8) is 0 Å². The lowest BCUT2D eigenvalue weighted by molar-refractivity contribution is 0.0429. The second-order valence-electron chi connectivity index (χ2n) is 6.06. The van der Waals surface area contributed by atoms with Crippen LogP contribution in [-0.2, 0) is 0 Å². The zero-order valence-corrected chi connectivity index (χ0v) is 13.0. The van der Waals surface area contributed by atoms with Crippen molar-refractivity contribution in [2.75, 3.05) is 26.2 Å². The summed E-state index contributed by atoms with van der Waals surface area (Å²) in [5.74, 6) is 2.04. The van der Waals surface area contributed by atoms with Gasteiger partial charge in [0.2, 0.25) is 0 Å². The van der Waals surface area contributed by atoms with E-state index in [9.17, 15) is 5.11 Å². The average Bonchev–Trinajstić information content (AvgIpc) is 2.36. The first-order valence-electron chi connectivity index (χ1n) is 7.32. The van der Waals surface area contributed by atoms with Gasteiger partial charge in [-0.2, -0.15) is 0 Å². The Bertz CT molecular complexity index is 417. The fourth-order valence-electron chi connectivity index (χ4n) is 3.04. The number of hydrogen-bond acceptors (Lipinski definition) is 3. The molecule has 1 aliphatic rings. The van der Waals surface area contributed by atoms with Crippen LogP contribution < -0.4 is 4.74 Å². The van der Waals surface area contributed by atoms with Crippen LogP contribution in [0.1, 0.15) is 20.3 Å². The van der Waals surface area contributed by atoms with Crippen molar-refractivity contribution in [3.05, 3.63) is 29.3 Å². The van der Waals surface area contributed by atoms with Crippen molar-refractivity contribution >= 4 is 11.6 Å². The summed E-state index contributed by atoms with van der Waals surface area (Å²) in [5, 5.41) is 10.7. The molecular formula is C16H24ClNO2. The molecule has 4 heteroatoms. The number of benzene rings is 1. The zero-order chi connectivity index (χ0) is 14.5. The second-order valence-corrected chi connectivity index (χ2v) is 6.47. The summed E-state index contributed by atoms with van der Waals surface area (Å²) >= 11 is 6.02. The Morgan fingerprint density at radius 3 is 2.60 bits per heavy atom. The molecular weight excluding hydrogens is 274 g/mol. The summed E-state index contributed by atoms with van der Waals surface area (Å²) in [6.07, 6.45) is 0.798. The maximum absolute atomic E-state index is 10.1. The number of ether oxygens (including phenoxy) is 1. The molecule has 0 saturated carbocycles. The number of hydrogen-bond donors (Lipinski definition) is 1. The molecule has 3 atom stereocenters. The first kappa shape index (κ1) is 15.6. The number of aliphatic hydroxyl groups is 1. The maximum Gasteiger partial charge on any atom is 0.138 e. The van der Waals surface area contributed by atoms with Crippen molar-refractivity contribution in [1.29, 1.82) is 0 Å². The highest BCUT2D eigenvalue weighted by atomic mass is 35.5. The smallest absolute Gasteiger partial charge is 0.138 e. The Kier molecular flexibility index (Phi) is 5.70. The highest BCUT2D eigenvalue weighted by molar-refractivity contribution is 6.32. The van der Waals surface area contributed by atoms with Gasteiger partial charge >= 0.3 is 0 Å². The number of halogens is 1. The molecule has 1 aromatic carbocycles. The van der Waals surface area contributed by atoms with Gasteiger partial charge in [-0.3, -0.25) is 0 Å². The second kappa shape index (κ2) is 7.30. The van der Waals surface area contributed by atoms with Crippen molar-refractivity contribution in [2.24, 2.45) is 11.8 Å². The van der Waals surface area contributed by atoms with Gasteiger partial charge in [-0.15, -0.1) is 0 Å². The quantitative estimate of drug-likeness (QED) is 0.907. The molecule has 0 aromatic heterocycles. The number of aliphatic hydroxyl groups excluding tert-OH is 1. The highest BCUT2D eigenvalue weighted by Crippen LogP contribution is 2.24. The van der Waals surface area contributed by atoms with Gasteiger partial charge in [-0.25, -0.2) is 0 Å². The molecule has 0 aliphatic carbocycles. The summed E-state index contributed by atoms with van der Waals surface area (Å²) < 4.78 is 5.59. The minimum absolute atomic E-state index is 0.281. The molecule has 0 bridgehead atoms. The molecule has 1 heterocycles. The molecule has 1 aliphatic heterocycles. The number of rotatable bonds is 5. The van der Waals surface area contributed by atoms with Gasteiger partial charge in [0.05, 0.1) is 5.02 Å². The Morgan fingerprint density at radius 2 is 1.95 bits per heavy atom. The Morgan fingerprint density at radius 1 is 1.30 bits per heavy atom. The van der Waals surface area contributed by atoms with E-state index in [0.29, 0.717) is 29.2 Å². The van der Waals surface area contributed by atoms with E-state index in [4.69, 9.17) is 16.3 Å². The normalized spacial score (nSPS) is 25.4. The van der Waals surface area contributed by atoms with Crippen LogP contribution in [0.4, 0.5) is 0 Å². The fourth-order valence-corrected chi connectivity index (χ4v) is 3.23. The molecule has 1 saturated heterocycles. The monoisotopic (exact) mass is 297 g/mol. The maximum atomic E-state index is 10.1. The molecule has 0 amide bonds. The van der Waals surface area contributed by atoms with E-state index in [-0.39, 0.29) is 6.61 Å². The predicted octanol–water partition coefficient (Wildman–Crippen LogP) is 3.06. The zero-order valence-electron chi connectivity index (χ0n) is 12.3. The van der Waals surface area contributed by atoms with E-state index in [0.717, 1.165) is 13.1 Å². The topological polar surface area (TPSA) is 32.7 Å². The first-order chi connectivity index (χ1) is 9.54. The summed E-state index contributed by atoms with van der Waals surface area (Å²) in [6.45, 7) is 7.62. The van der Waals surface area contributed by atoms with Gasteiger partial charge in [0.15, 0.2) is 0 Å². The van der Waals surface area contributed by atoms with Crippen LogP contribution in [0.15, 0.2) is 24.3 Å². The third kappa shape index (κ3) is 4.65. The van der Waals surface area contributed by atoms with E-state index >= 15 is 0 Å². The molecule has 1 fully saturated rings. The molecule has 3 nitrogen and oxygen atoms in total. The lowest BCUT2D eigenvalue weighted by atomic mass is 9.92. The lowest BCUT2D eigenvalue weighted by Crippen LogP contribution is -2.44. The van der Waals surface area contributed by atoms with Crippen LogP contribution in [-0.4, -0.2) is 42.4 Å². The van der Waals surface area contributed by atoms with E-state index in [1.165, 1.54) is 6.42 Å². The van der Waals surface area contributed by atoms with E-state index in [2.05, 4.69) is 18.7 Å². The number of likely N-dealkylation sites (tertiary alicyclic amines) is 1. The van der Waals surface area contributed by atoms with Crippen molar-refractivity contribution in [1.82, 2.24) is 4.90 Å². The standard InChI is InChI=1S/C16H24ClNO2/c1-12-7-13(2)9-18(8-12)10-14(19)11-20-16-6-4-3-5-15(16)17/h3-6,12-14,19H,7-11H2,1-2H3/t12-,13+,14-/m0/s1. The average molecular weight is 298 g/mol. The van der Waals surface area contributed by atoms with Crippen LogP contribution in [0.25, 0.3) is 0 Å². The van der Waals surface area contributed by atoms with Crippen LogP contribution in [0.3, 0.4) is 0 Å². The summed E-state index contributed by atoms with van der Waals surface area (Å²) in [7, 11) is 0. The van der Waals surface area contributed by atoms with Gasteiger partial charge < -0.3 is 14.7 Å². The van der Waals surface area contributed by atoms with E-state index in [1.54, 1.807) is 6.07 Å². The molecule has 1 aromatic rings. The molecule has 1 N–H and O–H groups in total. The number of β-amino-alcohol motifs (C(OH)–C–C–N with tert-alkyl or cyclic N) is 1. The van der Waals surface area contributed by atoms with E-state index in [1.807, 2.05) is 18.2 Å². The molecule has 112 valence electrons. The van der Waals surface area contributed by atoms with Gasteiger partial charge in [0.25, 0.3) is 0 Å². The summed E-state index contributed by atoms with van der Waals surface area (Å²) in [4.78, 5) is 2.33. The lowest BCUT2D eigenvalue weighted by Gasteiger charge is -2.35. The minimum atomic E-state index is -0.483. The van der Waals surface area contributed by atoms with Crippen LogP contribution in [0.2, 0.25) is 5.02 Å². The van der Waals surface area contributed by atoms with Gasteiger partial charge in [0.1, 0.15) is 18.5 Å². The van der Waals surface area contributed by atoms with Crippen LogP contribution in [0, 0.1) is 11.8 Å². The number of nitrogens with zero attached hydrogens (tertiary/aromatic N) is 1. The molecule has 0 radical (unpaired) electrons. The largest absolute Gasteiger partial charge is 0.489 e. The van der Waals surface area contributed by atoms with Crippen LogP contribution >= 0.6 is 11.6 Å².